The molecular formula is C8H9ClN2O2. The summed E-state index contributed by atoms with van der Waals surface area (Å²) in [6, 6.07) is 3.00. The summed E-state index contributed by atoms with van der Waals surface area (Å²) in [7, 11) is 1.67. The van der Waals surface area contributed by atoms with Crippen LogP contribution in [0.3, 0.4) is 0 Å². The van der Waals surface area contributed by atoms with E-state index in [4.69, 9.17) is 11.6 Å². The zero-order chi connectivity index (χ0) is 10.0. The fraction of sp³-hybridized carbons (Fsp3) is 0.250. The van der Waals surface area contributed by atoms with Crippen molar-refractivity contribution in [2.24, 2.45) is 0 Å². The van der Waals surface area contributed by atoms with Crippen LogP contribution in [-0.4, -0.2) is 12.0 Å². The molecule has 1 N–H and O–H groups in total. The first-order chi connectivity index (χ1) is 6.06. The molecule has 0 atom stereocenters. The SMILES string of the molecule is CNc1cc([N+](=O)[O-])c(C)cc1Cl. The summed E-state index contributed by atoms with van der Waals surface area (Å²) in [5.74, 6) is 0. The van der Waals surface area contributed by atoms with Crippen molar-refractivity contribution in [3.8, 4) is 0 Å². The maximum absolute atomic E-state index is 10.5. The molecule has 13 heavy (non-hydrogen) atoms. The number of anilines is 1. The van der Waals surface area contributed by atoms with Crippen LogP contribution in [0, 0.1) is 17.0 Å². The first-order valence-electron chi connectivity index (χ1n) is 3.68. The van der Waals surface area contributed by atoms with E-state index in [1.165, 1.54) is 6.07 Å². The summed E-state index contributed by atoms with van der Waals surface area (Å²) < 4.78 is 0. The number of hydrogen-bond acceptors (Lipinski definition) is 3. The van der Waals surface area contributed by atoms with Gasteiger partial charge in [-0.15, -0.1) is 0 Å². The summed E-state index contributed by atoms with van der Waals surface area (Å²) in [6.07, 6.45) is 0. The highest BCUT2D eigenvalue weighted by Gasteiger charge is 2.13. The number of nitro benzene ring substituents is 1. The number of nitro groups is 1. The Kier molecular flexibility index (Phi) is 2.72. The van der Waals surface area contributed by atoms with Gasteiger partial charge >= 0.3 is 0 Å². The van der Waals surface area contributed by atoms with E-state index in [0.29, 0.717) is 16.3 Å². The first-order valence-corrected chi connectivity index (χ1v) is 4.06. The molecule has 70 valence electrons. The van der Waals surface area contributed by atoms with E-state index in [1.807, 2.05) is 0 Å². The minimum atomic E-state index is -0.424. The summed E-state index contributed by atoms with van der Waals surface area (Å²) in [6.45, 7) is 1.66. The van der Waals surface area contributed by atoms with Gasteiger partial charge in [-0.2, -0.15) is 0 Å². The minimum Gasteiger partial charge on any atom is -0.387 e. The summed E-state index contributed by atoms with van der Waals surface area (Å²) in [5, 5.41) is 13.8. The Bertz CT molecular complexity index is 352. The Hall–Kier alpha value is -1.29. The van der Waals surface area contributed by atoms with Crippen molar-refractivity contribution in [3.63, 3.8) is 0 Å². The molecule has 0 saturated carbocycles. The fourth-order valence-electron chi connectivity index (χ4n) is 1.05. The molecule has 0 saturated heterocycles. The van der Waals surface area contributed by atoms with Gasteiger partial charge in [-0.05, 0) is 13.0 Å². The molecule has 0 spiro atoms. The number of hydrogen-bond donors (Lipinski definition) is 1. The zero-order valence-corrected chi connectivity index (χ0v) is 8.05. The largest absolute Gasteiger partial charge is 0.387 e. The molecule has 0 radical (unpaired) electrons. The normalized spacial score (nSPS) is 9.77. The number of halogens is 1. The standard InChI is InChI=1S/C8H9ClN2O2/c1-5-3-6(9)7(10-2)4-8(5)11(12)13/h3-4,10H,1-2H3. The van der Waals surface area contributed by atoms with E-state index in [0.717, 1.165) is 0 Å². The topological polar surface area (TPSA) is 55.2 Å². The molecule has 5 heteroatoms. The molecule has 0 bridgehead atoms. The second kappa shape index (κ2) is 3.62. The van der Waals surface area contributed by atoms with Crippen LogP contribution in [0.5, 0.6) is 0 Å². The van der Waals surface area contributed by atoms with Crippen molar-refractivity contribution < 1.29 is 4.92 Å². The third kappa shape index (κ3) is 1.89. The molecule has 4 nitrogen and oxygen atoms in total. The third-order valence-electron chi connectivity index (χ3n) is 1.75. The summed E-state index contributed by atoms with van der Waals surface area (Å²) in [5.41, 5.74) is 1.21. The second-order valence-electron chi connectivity index (χ2n) is 2.63. The van der Waals surface area contributed by atoms with Gasteiger partial charge in [-0.1, -0.05) is 11.6 Å². The number of rotatable bonds is 2. The van der Waals surface area contributed by atoms with Gasteiger partial charge in [-0.25, -0.2) is 0 Å². The van der Waals surface area contributed by atoms with Crippen LogP contribution >= 0.6 is 11.6 Å². The quantitative estimate of drug-likeness (QED) is 0.590. The summed E-state index contributed by atoms with van der Waals surface area (Å²) >= 11 is 5.82. The van der Waals surface area contributed by atoms with E-state index in [2.05, 4.69) is 5.32 Å². The Labute approximate surface area is 80.7 Å². The van der Waals surface area contributed by atoms with Crippen LogP contribution in [0.1, 0.15) is 5.56 Å². The predicted octanol–water partition coefficient (Wildman–Crippen LogP) is 2.60. The molecule has 1 aromatic rings. The van der Waals surface area contributed by atoms with Crippen LogP contribution in [0.25, 0.3) is 0 Å². The fourth-order valence-corrected chi connectivity index (χ4v) is 1.36. The van der Waals surface area contributed by atoms with Crippen molar-refractivity contribution >= 4 is 23.0 Å². The van der Waals surface area contributed by atoms with Crippen molar-refractivity contribution in [2.45, 2.75) is 6.92 Å². The van der Waals surface area contributed by atoms with Crippen molar-refractivity contribution in [1.29, 1.82) is 0 Å². The molecule has 0 aliphatic heterocycles. The number of nitrogens with zero attached hydrogens (tertiary/aromatic N) is 1. The molecule has 0 fully saturated rings. The minimum absolute atomic E-state index is 0.0775. The van der Waals surface area contributed by atoms with Crippen molar-refractivity contribution in [2.75, 3.05) is 12.4 Å². The van der Waals surface area contributed by atoms with Gasteiger partial charge in [-0.3, -0.25) is 10.1 Å². The van der Waals surface area contributed by atoms with E-state index in [9.17, 15) is 10.1 Å². The lowest BCUT2D eigenvalue weighted by Crippen LogP contribution is -1.95. The highest BCUT2D eigenvalue weighted by atomic mass is 35.5. The molecular weight excluding hydrogens is 192 g/mol. The first kappa shape index (κ1) is 9.80. The number of aryl methyl sites for hydroxylation is 1. The highest BCUT2D eigenvalue weighted by molar-refractivity contribution is 6.33. The van der Waals surface area contributed by atoms with E-state index in [1.54, 1.807) is 20.0 Å². The zero-order valence-electron chi connectivity index (χ0n) is 7.30. The van der Waals surface area contributed by atoms with Crippen LogP contribution in [0.15, 0.2) is 12.1 Å². The molecule has 0 unspecified atom stereocenters. The molecule has 0 aliphatic rings. The van der Waals surface area contributed by atoms with E-state index < -0.39 is 4.92 Å². The molecule has 0 aromatic heterocycles. The lowest BCUT2D eigenvalue weighted by Gasteiger charge is -2.04. The maximum atomic E-state index is 10.5. The predicted molar refractivity (Wildman–Crippen MR) is 52.4 cm³/mol. The average Bonchev–Trinajstić information content (AvgIpc) is 2.03. The molecule has 1 rings (SSSR count). The van der Waals surface area contributed by atoms with Gasteiger partial charge in [0.2, 0.25) is 0 Å². The maximum Gasteiger partial charge on any atom is 0.274 e. The molecule has 0 aliphatic carbocycles. The molecule has 1 aromatic carbocycles. The molecule has 0 amide bonds. The second-order valence-corrected chi connectivity index (χ2v) is 3.03. The highest BCUT2D eigenvalue weighted by Crippen LogP contribution is 2.29. The van der Waals surface area contributed by atoms with Crippen molar-refractivity contribution in [3.05, 3.63) is 32.8 Å². The van der Waals surface area contributed by atoms with Gasteiger partial charge in [0.25, 0.3) is 5.69 Å². The van der Waals surface area contributed by atoms with Gasteiger partial charge in [0.15, 0.2) is 0 Å². The Balaban J connectivity index is 3.30. The monoisotopic (exact) mass is 200 g/mol. The number of nitrogens with one attached hydrogen (secondary N) is 1. The average molecular weight is 201 g/mol. The van der Waals surface area contributed by atoms with E-state index in [-0.39, 0.29) is 5.69 Å². The van der Waals surface area contributed by atoms with Crippen LogP contribution in [0.4, 0.5) is 11.4 Å². The lowest BCUT2D eigenvalue weighted by molar-refractivity contribution is -0.385. The Morgan fingerprint density at radius 1 is 1.54 bits per heavy atom. The third-order valence-corrected chi connectivity index (χ3v) is 2.06. The Morgan fingerprint density at radius 2 is 2.15 bits per heavy atom. The van der Waals surface area contributed by atoms with Crippen molar-refractivity contribution in [1.82, 2.24) is 0 Å². The van der Waals surface area contributed by atoms with Gasteiger partial charge in [0.1, 0.15) is 0 Å². The smallest absolute Gasteiger partial charge is 0.274 e. The number of benzene rings is 1. The van der Waals surface area contributed by atoms with E-state index >= 15 is 0 Å². The summed E-state index contributed by atoms with van der Waals surface area (Å²) in [4.78, 5) is 10.1. The van der Waals surface area contributed by atoms with Gasteiger partial charge in [0, 0.05) is 18.7 Å². The van der Waals surface area contributed by atoms with Crippen LogP contribution < -0.4 is 5.32 Å². The van der Waals surface area contributed by atoms with Gasteiger partial charge in [0.05, 0.1) is 15.6 Å². The van der Waals surface area contributed by atoms with Gasteiger partial charge < -0.3 is 5.32 Å². The lowest BCUT2D eigenvalue weighted by atomic mass is 10.2. The van der Waals surface area contributed by atoms with Crippen LogP contribution in [-0.2, 0) is 0 Å². The van der Waals surface area contributed by atoms with Crippen LogP contribution in [0.2, 0.25) is 5.02 Å². The molecule has 0 heterocycles. The Morgan fingerprint density at radius 3 is 2.62 bits per heavy atom.